The number of nitrogens with one attached hydrogen (secondary N) is 3. The van der Waals surface area contributed by atoms with Crippen LogP contribution in [0.2, 0.25) is 0 Å². The predicted octanol–water partition coefficient (Wildman–Crippen LogP) is 0.0280. The van der Waals surface area contributed by atoms with Gasteiger partial charge >= 0.3 is 0 Å². The number of pyridine rings is 1. The molecule has 0 radical (unpaired) electrons. The molecule has 0 saturated heterocycles. The maximum Gasteiger partial charge on any atom is 0.251 e. The molecule has 2 aromatic heterocycles. The first-order valence-corrected chi connectivity index (χ1v) is 4.71. The predicted molar refractivity (Wildman–Crippen MR) is 56.8 cm³/mol. The SMILES string of the molecule is O=C(NCc1ncc[nH]1)c1cc[nH]c(=O)c1. The number of hydrogen-bond donors (Lipinski definition) is 3. The first-order chi connectivity index (χ1) is 7.75. The van der Waals surface area contributed by atoms with E-state index in [-0.39, 0.29) is 11.5 Å². The van der Waals surface area contributed by atoms with Crippen LogP contribution in [0.1, 0.15) is 16.2 Å². The van der Waals surface area contributed by atoms with Gasteiger partial charge in [-0.2, -0.15) is 0 Å². The van der Waals surface area contributed by atoms with Crippen molar-refractivity contribution >= 4 is 5.91 Å². The number of imidazole rings is 1. The van der Waals surface area contributed by atoms with Crippen LogP contribution in [0, 0.1) is 0 Å². The van der Waals surface area contributed by atoms with Gasteiger partial charge in [0, 0.05) is 30.2 Å². The Bertz CT molecular complexity index is 530. The highest BCUT2D eigenvalue weighted by Crippen LogP contribution is 1.94. The lowest BCUT2D eigenvalue weighted by Gasteiger charge is -2.02. The molecule has 6 nitrogen and oxygen atoms in total. The Balaban J connectivity index is 2.01. The number of carbonyl (C=O) groups excluding carboxylic acids is 1. The minimum atomic E-state index is -0.303. The van der Waals surface area contributed by atoms with Crippen molar-refractivity contribution in [3.63, 3.8) is 0 Å². The first kappa shape index (κ1) is 10.2. The summed E-state index contributed by atoms with van der Waals surface area (Å²) in [5.74, 6) is 0.362. The number of nitrogens with zero attached hydrogens (tertiary/aromatic N) is 1. The number of aromatic nitrogens is 3. The quantitative estimate of drug-likeness (QED) is 0.678. The van der Waals surface area contributed by atoms with E-state index in [4.69, 9.17) is 0 Å². The summed E-state index contributed by atoms with van der Waals surface area (Å²) in [5.41, 5.74) is 0.0287. The van der Waals surface area contributed by atoms with Crippen LogP contribution in [-0.2, 0) is 6.54 Å². The van der Waals surface area contributed by atoms with Gasteiger partial charge in [-0.25, -0.2) is 4.98 Å². The maximum absolute atomic E-state index is 11.6. The van der Waals surface area contributed by atoms with Crippen molar-refractivity contribution in [3.05, 3.63) is 52.5 Å². The van der Waals surface area contributed by atoms with E-state index in [1.807, 2.05) is 0 Å². The average molecular weight is 218 g/mol. The highest BCUT2D eigenvalue weighted by molar-refractivity contribution is 5.93. The third kappa shape index (κ3) is 2.35. The molecule has 0 unspecified atom stereocenters. The molecule has 0 saturated carbocycles. The van der Waals surface area contributed by atoms with Gasteiger partial charge in [0.2, 0.25) is 5.56 Å². The van der Waals surface area contributed by atoms with E-state index < -0.39 is 0 Å². The highest BCUT2D eigenvalue weighted by Gasteiger charge is 2.05. The number of rotatable bonds is 3. The van der Waals surface area contributed by atoms with Crippen LogP contribution in [0.4, 0.5) is 0 Å². The zero-order chi connectivity index (χ0) is 11.4. The molecule has 0 aliphatic rings. The fourth-order valence-electron chi connectivity index (χ4n) is 1.25. The van der Waals surface area contributed by atoms with Crippen molar-refractivity contribution in [2.45, 2.75) is 6.54 Å². The van der Waals surface area contributed by atoms with E-state index in [2.05, 4.69) is 20.3 Å². The van der Waals surface area contributed by atoms with Crippen molar-refractivity contribution in [3.8, 4) is 0 Å². The zero-order valence-electron chi connectivity index (χ0n) is 8.36. The molecule has 0 aromatic carbocycles. The lowest BCUT2D eigenvalue weighted by Crippen LogP contribution is -2.24. The summed E-state index contributed by atoms with van der Waals surface area (Å²) < 4.78 is 0. The van der Waals surface area contributed by atoms with E-state index in [1.165, 1.54) is 12.3 Å². The standard InChI is InChI=1S/C10H10N4O2/c15-9-5-7(1-2-13-9)10(16)14-6-8-11-3-4-12-8/h1-5H,6H2,(H,11,12)(H,13,15)(H,14,16). The molecule has 2 rings (SSSR count). The Morgan fingerprint density at radius 2 is 2.25 bits per heavy atom. The summed E-state index contributed by atoms with van der Waals surface area (Å²) in [4.78, 5) is 31.8. The number of H-pyrrole nitrogens is 2. The molecule has 0 fully saturated rings. The van der Waals surface area contributed by atoms with Crippen LogP contribution < -0.4 is 10.9 Å². The minimum Gasteiger partial charge on any atom is -0.347 e. The molecule has 0 aliphatic carbocycles. The van der Waals surface area contributed by atoms with Crippen molar-refractivity contribution < 1.29 is 4.79 Å². The van der Waals surface area contributed by atoms with Crippen LogP contribution in [-0.4, -0.2) is 20.9 Å². The molecule has 0 aliphatic heterocycles. The Morgan fingerprint density at radius 1 is 1.38 bits per heavy atom. The van der Waals surface area contributed by atoms with Gasteiger partial charge in [-0.15, -0.1) is 0 Å². The van der Waals surface area contributed by atoms with Crippen LogP contribution >= 0.6 is 0 Å². The van der Waals surface area contributed by atoms with Crippen molar-refractivity contribution in [1.82, 2.24) is 20.3 Å². The number of aromatic amines is 2. The summed E-state index contributed by atoms with van der Waals surface area (Å²) in [7, 11) is 0. The summed E-state index contributed by atoms with van der Waals surface area (Å²) in [6.07, 6.45) is 4.72. The Labute approximate surface area is 90.7 Å². The van der Waals surface area contributed by atoms with Gasteiger partial charge in [-0.05, 0) is 6.07 Å². The molecule has 2 aromatic rings. The van der Waals surface area contributed by atoms with Crippen LogP contribution in [0.5, 0.6) is 0 Å². The Hall–Kier alpha value is -2.37. The van der Waals surface area contributed by atoms with Crippen molar-refractivity contribution in [2.24, 2.45) is 0 Å². The van der Waals surface area contributed by atoms with Gasteiger partial charge in [-0.3, -0.25) is 9.59 Å². The van der Waals surface area contributed by atoms with Gasteiger partial charge < -0.3 is 15.3 Å². The first-order valence-electron chi connectivity index (χ1n) is 4.71. The number of amides is 1. The van der Waals surface area contributed by atoms with Crippen LogP contribution in [0.25, 0.3) is 0 Å². The van der Waals surface area contributed by atoms with Gasteiger partial charge in [-0.1, -0.05) is 0 Å². The molecular weight excluding hydrogens is 208 g/mol. The molecule has 1 amide bonds. The van der Waals surface area contributed by atoms with E-state index in [0.717, 1.165) is 0 Å². The van der Waals surface area contributed by atoms with Gasteiger partial charge in [0.1, 0.15) is 5.82 Å². The molecule has 16 heavy (non-hydrogen) atoms. The fourth-order valence-corrected chi connectivity index (χ4v) is 1.25. The van der Waals surface area contributed by atoms with Gasteiger partial charge in [0.05, 0.1) is 6.54 Å². The van der Waals surface area contributed by atoms with Crippen LogP contribution in [0.3, 0.4) is 0 Å². The second-order valence-electron chi connectivity index (χ2n) is 3.16. The van der Waals surface area contributed by atoms with E-state index in [0.29, 0.717) is 17.9 Å². The fraction of sp³-hybridized carbons (Fsp3) is 0.100. The Kier molecular flexibility index (Phi) is 2.81. The van der Waals surface area contributed by atoms with E-state index in [9.17, 15) is 9.59 Å². The van der Waals surface area contributed by atoms with Crippen molar-refractivity contribution in [2.75, 3.05) is 0 Å². The molecule has 6 heteroatoms. The summed E-state index contributed by atoms with van der Waals surface area (Å²) in [6.45, 7) is 0.304. The molecule has 3 N–H and O–H groups in total. The van der Waals surface area contributed by atoms with Gasteiger partial charge in [0.15, 0.2) is 0 Å². The molecule has 2 heterocycles. The molecular formula is C10H10N4O2. The van der Waals surface area contributed by atoms with E-state index in [1.54, 1.807) is 18.5 Å². The summed E-state index contributed by atoms with van der Waals surface area (Å²) >= 11 is 0. The molecule has 0 atom stereocenters. The minimum absolute atomic E-state index is 0.300. The second kappa shape index (κ2) is 4.43. The lowest BCUT2D eigenvalue weighted by atomic mass is 10.2. The van der Waals surface area contributed by atoms with E-state index >= 15 is 0 Å². The smallest absolute Gasteiger partial charge is 0.251 e. The molecule has 0 bridgehead atoms. The third-order valence-electron chi connectivity index (χ3n) is 2.01. The van der Waals surface area contributed by atoms with Crippen LogP contribution in [0.15, 0.2) is 35.5 Å². The zero-order valence-corrected chi connectivity index (χ0v) is 8.36. The van der Waals surface area contributed by atoms with Crippen molar-refractivity contribution in [1.29, 1.82) is 0 Å². The average Bonchev–Trinajstić information content (AvgIpc) is 2.78. The monoisotopic (exact) mass is 218 g/mol. The normalized spacial score (nSPS) is 10.0. The summed E-state index contributed by atoms with van der Waals surface area (Å²) in [6, 6.07) is 2.79. The van der Waals surface area contributed by atoms with Gasteiger partial charge in [0.25, 0.3) is 5.91 Å². The largest absolute Gasteiger partial charge is 0.347 e. The highest BCUT2D eigenvalue weighted by atomic mass is 16.2. The second-order valence-corrected chi connectivity index (χ2v) is 3.16. The topological polar surface area (TPSA) is 90.6 Å². The maximum atomic E-state index is 11.6. The molecule has 82 valence electrons. The lowest BCUT2D eigenvalue weighted by molar-refractivity contribution is 0.0949. The summed E-state index contributed by atoms with van der Waals surface area (Å²) in [5, 5.41) is 2.64. The Morgan fingerprint density at radius 3 is 2.94 bits per heavy atom. The third-order valence-corrected chi connectivity index (χ3v) is 2.01. The number of hydrogen-bond acceptors (Lipinski definition) is 3. The molecule has 0 spiro atoms. The number of carbonyl (C=O) groups is 1.